The standard InChI is InChI=1S/C17H16BrCl2N5O/c1-10-13(18)7-21-25(10)11(2)17(26)22-16-15(20)9-24(23-16)8-12-5-3-4-6-14(12)19/h3-7,9,11H,8H2,1-2H3,(H,22,23,26). The van der Waals surface area contributed by atoms with Crippen molar-refractivity contribution < 1.29 is 4.79 Å². The number of anilines is 1. The Labute approximate surface area is 169 Å². The summed E-state index contributed by atoms with van der Waals surface area (Å²) in [5, 5.41) is 12.3. The molecule has 2 aromatic heterocycles. The predicted molar refractivity (Wildman–Crippen MR) is 106 cm³/mol. The number of carbonyl (C=O) groups is 1. The molecule has 2 heterocycles. The summed E-state index contributed by atoms with van der Waals surface area (Å²) in [5.41, 5.74) is 1.78. The van der Waals surface area contributed by atoms with E-state index in [9.17, 15) is 4.79 Å². The Morgan fingerprint density at radius 1 is 1.31 bits per heavy atom. The summed E-state index contributed by atoms with van der Waals surface area (Å²) in [6.07, 6.45) is 3.31. The zero-order valence-corrected chi connectivity index (χ0v) is 17.2. The molecule has 1 N–H and O–H groups in total. The maximum Gasteiger partial charge on any atom is 0.250 e. The first-order chi connectivity index (χ1) is 12.4. The number of nitrogens with one attached hydrogen (secondary N) is 1. The monoisotopic (exact) mass is 455 g/mol. The molecule has 6 nitrogen and oxygen atoms in total. The van der Waals surface area contributed by atoms with Crippen molar-refractivity contribution in [1.82, 2.24) is 19.6 Å². The summed E-state index contributed by atoms with van der Waals surface area (Å²) in [7, 11) is 0. The number of hydrogen-bond donors (Lipinski definition) is 1. The van der Waals surface area contributed by atoms with E-state index >= 15 is 0 Å². The van der Waals surface area contributed by atoms with Gasteiger partial charge in [-0.1, -0.05) is 41.4 Å². The van der Waals surface area contributed by atoms with E-state index in [1.54, 1.807) is 28.7 Å². The van der Waals surface area contributed by atoms with Gasteiger partial charge in [-0.2, -0.15) is 10.2 Å². The normalized spacial score (nSPS) is 12.2. The van der Waals surface area contributed by atoms with Gasteiger partial charge in [0.1, 0.15) is 11.1 Å². The van der Waals surface area contributed by atoms with Gasteiger partial charge in [-0.25, -0.2) is 0 Å². The molecule has 0 saturated heterocycles. The van der Waals surface area contributed by atoms with Crippen LogP contribution in [-0.2, 0) is 11.3 Å². The molecular weight excluding hydrogens is 441 g/mol. The highest BCUT2D eigenvalue weighted by Crippen LogP contribution is 2.24. The molecule has 0 saturated carbocycles. The second-order valence-electron chi connectivity index (χ2n) is 5.80. The molecule has 3 rings (SSSR count). The van der Waals surface area contributed by atoms with Gasteiger partial charge in [0.15, 0.2) is 5.82 Å². The topological polar surface area (TPSA) is 64.7 Å². The molecule has 1 aromatic carbocycles. The van der Waals surface area contributed by atoms with E-state index in [4.69, 9.17) is 23.2 Å². The lowest BCUT2D eigenvalue weighted by Crippen LogP contribution is -2.25. The Morgan fingerprint density at radius 2 is 2.04 bits per heavy atom. The van der Waals surface area contributed by atoms with E-state index in [1.807, 2.05) is 31.2 Å². The van der Waals surface area contributed by atoms with Crippen LogP contribution >= 0.6 is 39.1 Å². The van der Waals surface area contributed by atoms with Crippen LogP contribution in [0.1, 0.15) is 24.2 Å². The van der Waals surface area contributed by atoms with Crippen LogP contribution in [0.2, 0.25) is 10.0 Å². The van der Waals surface area contributed by atoms with Gasteiger partial charge >= 0.3 is 0 Å². The van der Waals surface area contributed by atoms with Crippen molar-refractivity contribution in [3.8, 4) is 0 Å². The van der Waals surface area contributed by atoms with Crippen molar-refractivity contribution in [2.24, 2.45) is 0 Å². The molecule has 1 atom stereocenters. The number of amides is 1. The average Bonchev–Trinajstić information content (AvgIpc) is 3.12. The molecule has 1 amide bonds. The van der Waals surface area contributed by atoms with E-state index in [0.717, 1.165) is 15.7 Å². The van der Waals surface area contributed by atoms with Crippen LogP contribution in [0.25, 0.3) is 0 Å². The second kappa shape index (κ2) is 7.82. The highest BCUT2D eigenvalue weighted by atomic mass is 79.9. The molecule has 0 bridgehead atoms. The molecule has 3 aromatic rings. The van der Waals surface area contributed by atoms with Crippen LogP contribution in [0, 0.1) is 6.92 Å². The zero-order chi connectivity index (χ0) is 18.8. The number of nitrogens with zero attached hydrogens (tertiary/aromatic N) is 4. The Kier molecular flexibility index (Phi) is 5.70. The first-order valence-electron chi connectivity index (χ1n) is 7.83. The fourth-order valence-electron chi connectivity index (χ4n) is 2.49. The van der Waals surface area contributed by atoms with Gasteiger partial charge in [-0.15, -0.1) is 0 Å². The minimum Gasteiger partial charge on any atom is -0.306 e. The largest absolute Gasteiger partial charge is 0.306 e. The van der Waals surface area contributed by atoms with E-state index < -0.39 is 6.04 Å². The minimum absolute atomic E-state index is 0.256. The maximum atomic E-state index is 12.5. The lowest BCUT2D eigenvalue weighted by molar-refractivity contribution is -0.119. The first-order valence-corrected chi connectivity index (χ1v) is 9.38. The van der Waals surface area contributed by atoms with Gasteiger partial charge in [0.2, 0.25) is 5.91 Å². The third-order valence-corrected chi connectivity index (χ3v) is 5.40. The van der Waals surface area contributed by atoms with Crippen molar-refractivity contribution in [3.63, 3.8) is 0 Å². The molecular formula is C17H16BrCl2N5O. The zero-order valence-electron chi connectivity index (χ0n) is 14.1. The van der Waals surface area contributed by atoms with Crippen molar-refractivity contribution in [3.05, 3.63) is 62.4 Å². The van der Waals surface area contributed by atoms with Crippen LogP contribution in [0.4, 0.5) is 5.82 Å². The number of halogens is 3. The molecule has 26 heavy (non-hydrogen) atoms. The molecule has 0 aliphatic heterocycles. The van der Waals surface area contributed by atoms with Crippen LogP contribution in [0.3, 0.4) is 0 Å². The van der Waals surface area contributed by atoms with E-state index in [2.05, 4.69) is 31.4 Å². The van der Waals surface area contributed by atoms with Gasteiger partial charge in [-0.3, -0.25) is 14.2 Å². The summed E-state index contributed by atoms with van der Waals surface area (Å²) in [4.78, 5) is 12.5. The lowest BCUT2D eigenvalue weighted by atomic mass is 10.2. The summed E-state index contributed by atoms with van der Waals surface area (Å²) in [5.74, 6) is 0.0491. The Balaban J connectivity index is 1.74. The van der Waals surface area contributed by atoms with Crippen LogP contribution < -0.4 is 5.32 Å². The third-order valence-electron chi connectivity index (χ3n) is 3.98. The van der Waals surface area contributed by atoms with Crippen molar-refractivity contribution in [1.29, 1.82) is 0 Å². The fraction of sp³-hybridized carbons (Fsp3) is 0.235. The maximum absolute atomic E-state index is 12.5. The summed E-state index contributed by atoms with van der Waals surface area (Å²) >= 11 is 15.8. The number of aromatic nitrogens is 4. The Bertz CT molecular complexity index is 953. The molecule has 9 heteroatoms. The van der Waals surface area contributed by atoms with E-state index in [0.29, 0.717) is 22.4 Å². The number of benzene rings is 1. The number of hydrogen-bond acceptors (Lipinski definition) is 3. The average molecular weight is 457 g/mol. The first kappa shape index (κ1) is 18.9. The third kappa shape index (κ3) is 3.95. The van der Waals surface area contributed by atoms with Gasteiger partial charge in [0.05, 0.1) is 22.9 Å². The quantitative estimate of drug-likeness (QED) is 0.604. The molecule has 136 valence electrons. The molecule has 0 aliphatic carbocycles. The number of carbonyl (C=O) groups excluding carboxylic acids is 1. The lowest BCUT2D eigenvalue weighted by Gasteiger charge is -2.13. The summed E-state index contributed by atoms with van der Waals surface area (Å²) < 4.78 is 4.12. The van der Waals surface area contributed by atoms with Crippen molar-refractivity contribution in [2.75, 3.05) is 5.32 Å². The number of rotatable bonds is 5. The van der Waals surface area contributed by atoms with Gasteiger partial charge < -0.3 is 5.32 Å². The van der Waals surface area contributed by atoms with Gasteiger partial charge in [0, 0.05) is 11.2 Å². The molecule has 0 radical (unpaired) electrons. The predicted octanol–water partition coefficient (Wildman–Crippen LogP) is 4.71. The van der Waals surface area contributed by atoms with Gasteiger partial charge in [-0.05, 0) is 41.4 Å². The fourth-order valence-corrected chi connectivity index (χ4v) is 3.16. The van der Waals surface area contributed by atoms with Crippen molar-refractivity contribution >= 4 is 50.9 Å². The smallest absolute Gasteiger partial charge is 0.250 e. The Morgan fingerprint density at radius 3 is 2.69 bits per heavy atom. The van der Waals surface area contributed by atoms with Crippen LogP contribution in [0.15, 0.2) is 41.1 Å². The highest BCUT2D eigenvalue weighted by molar-refractivity contribution is 9.10. The van der Waals surface area contributed by atoms with E-state index in [1.165, 1.54) is 0 Å². The van der Waals surface area contributed by atoms with Crippen LogP contribution in [0.5, 0.6) is 0 Å². The molecule has 0 spiro atoms. The summed E-state index contributed by atoms with van der Waals surface area (Å²) in [6, 6.07) is 6.99. The minimum atomic E-state index is -0.508. The molecule has 0 aliphatic rings. The SMILES string of the molecule is Cc1c(Br)cnn1C(C)C(=O)Nc1nn(Cc2ccccc2Cl)cc1Cl. The highest BCUT2D eigenvalue weighted by Gasteiger charge is 2.21. The van der Waals surface area contributed by atoms with Crippen LogP contribution in [-0.4, -0.2) is 25.5 Å². The van der Waals surface area contributed by atoms with E-state index in [-0.39, 0.29) is 5.91 Å². The van der Waals surface area contributed by atoms with Gasteiger partial charge in [0.25, 0.3) is 0 Å². The Hall–Kier alpha value is -1.83. The molecule has 1 unspecified atom stereocenters. The van der Waals surface area contributed by atoms with Crippen molar-refractivity contribution in [2.45, 2.75) is 26.4 Å². The molecule has 0 fully saturated rings. The summed E-state index contributed by atoms with van der Waals surface area (Å²) in [6.45, 7) is 4.10. The second-order valence-corrected chi connectivity index (χ2v) is 7.47.